The molecule has 2 bridgehead atoms. The monoisotopic (exact) mass is 290 g/mol. The van der Waals surface area contributed by atoms with Crippen LogP contribution >= 0.6 is 0 Å². The molecule has 4 unspecified atom stereocenters. The van der Waals surface area contributed by atoms with Crippen LogP contribution in [0.15, 0.2) is 24.3 Å². The molecule has 4 atom stereocenters. The Morgan fingerprint density at radius 3 is 2.48 bits per heavy atom. The summed E-state index contributed by atoms with van der Waals surface area (Å²) in [6, 6.07) is 8.06. The molecule has 2 saturated heterocycles. The van der Waals surface area contributed by atoms with E-state index >= 15 is 0 Å². The smallest absolute Gasteiger partial charge is 0.303 e. The number of hydrogen-bond acceptors (Lipinski definition) is 3. The van der Waals surface area contributed by atoms with Crippen molar-refractivity contribution in [2.24, 2.45) is 11.8 Å². The molecule has 114 valence electrons. The average molecular weight is 290 g/mol. The number of aryl methyl sites for hydroxylation is 1. The van der Waals surface area contributed by atoms with Crippen LogP contribution < -0.4 is 0 Å². The van der Waals surface area contributed by atoms with Crippen LogP contribution in [0.2, 0.25) is 0 Å². The Balaban J connectivity index is 1.74. The van der Waals surface area contributed by atoms with Gasteiger partial charge in [0.1, 0.15) is 0 Å². The first-order valence-electron chi connectivity index (χ1n) is 7.74. The second-order valence-corrected chi connectivity index (χ2v) is 6.17. The number of carbonyl (C=O) groups is 1. The van der Waals surface area contributed by atoms with Gasteiger partial charge >= 0.3 is 5.97 Å². The van der Waals surface area contributed by atoms with Gasteiger partial charge in [-0.2, -0.15) is 0 Å². The lowest BCUT2D eigenvalue weighted by Crippen LogP contribution is -2.31. The van der Waals surface area contributed by atoms with Crippen LogP contribution in [0, 0.1) is 11.8 Å². The fourth-order valence-corrected chi connectivity index (χ4v) is 3.90. The molecular formula is C17H22O4. The van der Waals surface area contributed by atoms with E-state index in [9.17, 15) is 9.90 Å². The molecule has 4 nitrogen and oxygen atoms in total. The highest BCUT2D eigenvalue weighted by atomic mass is 16.5. The number of rotatable bonds is 6. The van der Waals surface area contributed by atoms with Crippen LogP contribution in [0.5, 0.6) is 0 Å². The number of fused-ring (bicyclic) bond motifs is 2. The van der Waals surface area contributed by atoms with Crippen molar-refractivity contribution in [3.05, 3.63) is 35.4 Å². The van der Waals surface area contributed by atoms with E-state index in [1.54, 1.807) is 0 Å². The lowest BCUT2D eigenvalue weighted by molar-refractivity contribution is -0.136. The molecule has 0 saturated carbocycles. The first-order valence-corrected chi connectivity index (χ1v) is 7.74. The fourth-order valence-electron chi connectivity index (χ4n) is 3.90. The summed E-state index contributed by atoms with van der Waals surface area (Å²) < 4.78 is 5.94. The fraction of sp³-hybridized carbons (Fsp3) is 0.588. The van der Waals surface area contributed by atoms with Crippen LogP contribution in [0.25, 0.3) is 0 Å². The molecule has 2 aliphatic rings. The van der Waals surface area contributed by atoms with Gasteiger partial charge in [-0.05, 0) is 42.7 Å². The number of carboxylic acid groups (broad SMARTS) is 1. The van der Waals surface area contributed by atoms with Crippen molar-refractivity contribution in [1.82, 2.24) is 0 Å². The minimum absolute atomic E-state index is 0.160. The predicted molar refractivity (Wildman–Crippen MR) is 78.1 cm³/mol. The standard InChI is InChI=1S/C17H22O4/c18-10-14-13(15-6-7-16(14)21-15)9-12-4-2-1-3-11(12)5-8-17(19)20/h1-4,13-16,18H,5-10H2,(H,19,20). The van der Waals surface area contributed by atoms with E-state index in [1.165, 1.54) is 5.56 Å². The van der Waals surface area contributed by atoms with Gasteiger partial charge in [0.2, 0.25) is 0 Å². The summed E-state index contributed by atoms with van der Waals surface area (Å²) in [6.07, 6.45) is 4.24. The molecule has 0 aliphatic carbocycles. The normalized spacial score (nSPS) is 30.7. The van der Waals surface area contributed by atoms with Gasteiger partial charge in [-0.25, -0.2) is 0 Å². The number of hydrogen-bond donors (Lipinski definition) is 2. The van der Waals surface area contributed by atoms with Crippen LogP contribution in [0.4, 0.5) is 0 Å². The van der Waals surface area contributed by atoms with Gasteiger partial charge in [0.05, 0.1) is 12.2 Å². The molecule has 21 heavy (non-hydrogen) atoms. The van der Waals surface area contributed by atoms with Crippen LogP contribution in [0.1, 0.15) is 30.4 Å². The molecule has 2 aliphatic heterocycles. The average Bonchev–Trinajstić information content (AvgIpc) is 3.07. The molecule has 0 spiro atoms. The zero-order valence-corrected chi connectivity index (χ0v) is 12.1. The van der Waals surface area contributed by atoms with E-state index < -0.39 is 5.97 Å². The van der Waals surface area contributed by atoms with Crippen molar-refractivity contribution >= 4 is 5.97 Å². The number of carboxylic acids is 1. The Morgan fingerprint density at radius 2 is 1.81 bits per heavy atom. The molecule has 0 amide bonds. The summed E-state index contributed by atoms with van der Waals surface area (Å²) in [7, 11) is 0. The molecule has 0 radical (unpaired) electrons. The zero-order chi connectivity index (χ0) is 14.8. The van der Waals surface area contributed by atoms with Gasteiger partial charge in [0.15, 0.2) is 0 Å². The van der Waals surface area contributed by atoms with Crippen molar-refractivity contribution in [2.75, 3.05) is 6.61 Å². The Morgan fingerprint density at radius 1 is 1.14 bits per heavy atom. The Bertz CT molecular complexity index is 513. The second kappa shape index (κ2) is 6.16. The first kappa shape index (κ1) is 14.5. The second-order valence-electron chi connectivity index (χ2n) is 6.17. The van der Waals surface area contributed by atoms with Gasteiger partial charge in [-0.1, -0.05) is 24.3 Å². The summed E-state index contributed by atoms with van der Waals surface area (Å²) in [5.41, 5.74) is 2.32. The summed E-state index contributed by atoms with van der Waals surface area (Å²) in [6.45, 7) is 0.184. The van der Waals surface area contributed by atoms with E-state index in [4.69, 9.17) is 9.84 Å². The highest BCUT2D eigenvalue weighted by Crippen LogP contribution is 2.44. The van der Waals surface area contributed by atoms with Crippen molar-refractivity contribution in [2.45, 2.75) is 44.3 Å². The lowest BCUT2D eigenvalue weighted by atomic mass is 9.76. The highest BCUT2D eigenvalue weighted by molar-refractivity contribution is 5.67. The largest absolute Gasteiger partial charge is 0.481 e. The molecule has 2 N–H and O–H groups in total. The van der Waals surface area contributed by atoms with Gasteiger partial charge in [-0.15, -0.1) is 0 Å². The molecule has 4 heteroatoms. The maximum absolute atomic E-state index is 10.8. The summed E-state index contributed by atoms with van der Waals surface area (Å²) in [5.74, 6) is -0.169. The van der Waals surface area contributed by atoms with Gasteiger partial charge in [0, 0.05) is 18.9 Å². The summed E-state index contributed by atoms with van der Waals surface area (Å²) in [5, 5.41) is 18.5. The van der Waals surface area contributed by atoms with E-state index in [0.29, 0.717) is 12.3 Å². The number of aliphatic hydroxyl groups is 1. The maximum Gasteiger partial charge on any atom is 0.303 e. The van der Waals surface area contributed by atoms with Crippen molar-refractivity contribution in [3.8, 4) is 0 Å². The third kappa shape index (κ3) is 2.97. The lowest BCUT2D eigenvalue weighted by Gasteiger charge is -2.27. The topological polar surface area (TPSA) is 66.8 Å². The first-order chi connectivity index (χ1) is 10.2. The minimum atomic E-state index is -0.763. The van der Waals surface area contributed by atoms with Crippen LogP contribution in [-0.4, -0.2) is 35.0 Å². The number of ether oxygens (including phenoxy) is 1. The highest BCUT2D eigenvalue weighted by Gasteiger charge is 2.48. The SMILES string of the molecule is O=C(O)CCc1ccccc1CC1C2CCC(O2)C1CO. The molecule has 2 fully saturated rings. The van der Waals surface area contributed by atoms with Crippen LogP contribution in [0.3, 0.4) is 0 Å². The van der Waals surface area contributed by atoms with E-state index in [2.05, 4.69) is 6.07 Å². The van der Waals surface area contributed by atoms with E-state index in [-0.39, 0.29) is 31.2 Å². The van der Waals surface area contributed by atoms with E-state index in [0.717, 1.165) is 24.8 Å². The zero-order valence-electron chi connectivity index (χ0n) is 12.1. The van der Waals surface area contributed by atoms with E-state index in [1.807, 2.05) is 18.2 Å². The molecule has 0 aromatic heterocycles. The third-order valence-electron chi connectivity index (χ3n) is 4.98. The third-order valence-corrected chi connectivity index (χ3v) is 4.98. The number of aliphatic hydroxyl groups excluding tert-OH is 1. The van der Waals surface area contributed by atoms with Gasteiger partial charge in [0.25, 0.3) is 0 Å². The van der Waals surface area contributed by atoms with Gasteiger partial charge < -0.3 is 14.9 Å². The molecular weight excluding hydrogens is 268 g/mol. The van der Waals surface area contributed by atoms with Gasteiger partial charge in [-0.3, -0.25) is 4.79 Å². The molecule has 1 aromatic carbocycles. The quantitative estimate of drug-likeness (QED) is 0.841. The molecule has 2 heterocycles. The number of benzene rings is 1. The molecule has 1 aromatic rings. The number of aliphatic carboxylic acids is 1. The predicted octanol–water partition coefficient (Wildman–Crippen LogP) is 2.03. The van der Waals surface area contributed by atoms with Crippen LogP contribution in [-0.2, 0) is 22.4 Å². The Labute approximate surface area is 124 Å². The minimum Gasteiger partial charge on any atom is -0.481 e. The molecule has 3 rings (SSSR count). The summed E-state index contributed by atoms with van der Waals surface area (Å²) >= 11 is 0. The summed E-state index contributed by atoms with van der Waals surface area (Å²) in [4.78, 5) is 10.8. The Kier molecular flexibility index (Phi) is 4.27. The maximum atomic E-state index is 10.8. The van der Waals surface area contributed by atoms with Crippen molar-refractivity contribution in [3.63, 3.8) is 0 Å². The van der Waals surface area contributed by atoms with Crippen molar-refractivity contribution in [1.29, 1.82) is 0 Å². The Hall–Kier alpha value is -1.39. The van der Waals surface area contributed by atoms with Crippen molar-refractivity contribution < 1.29 is 19.7 Å².